The molecule has 21 heavy (non-hydrogen) atoms. The van der Waals surface area contributed by atoms with Gasteiger partial charge in [-0.15, -0.1) is 0 Å². The molecule has 5 nitrogen and oxygen atoms in total. The van der Waals surface area contributed by atoms with Gasteiger partial charge in [-0.05, 0) is 25.6 Å². The van der Waals surface area contributed by atoms with Crippen LogP contribution in [0.2, 0.25) is 0 Å². The van der Waals surface area contributed by atoms with Gasteiger partial charge >= 0.3 is 0 Å². The second-order valence-corrected chi connectivity index (χ2v) is 4.81. The summed E-state index contributed by atoms with van der Waals surface area (Å²) >= 11 is 0. The Hall–Kier alpha value is -1.95. The summed E-state index contributed by atoms with van der Waals surface area (Å²) in [5.41, 5.74) is 0.486. The maximum atomic E-state index is 14.1. The maximum absolute atomic E-state index is 14.1. The second-order valence-electron chi connectivity index (χ2n) is 4.81. The molecule has 2 amide bonds. The largest absolute Gasteiger partial charge is 0.371 e. The van der Waals surface area contributed by atoms with E-state index in [1.165, 1.54) is 13.0 Å². The third-order valence-corrected chi connectivity index (χ3v) is 2.99. The van der Waals surface area contributed by atoms with E-state index in [4.69, 9.17) is 0 Å². The van der Waals surface area contributed by atoms with Crippen LogP contribution in [0.25, 0.3) is 0 Å². The molecular weight excluding hydrogens is 273 g/mol. The molecule has 0 aromatic heterocycles. The van der Waals surface area contributed by atoms with Crippen molar-refractivity contribution in [1.29, 1.82) is 0 Å². The van der Waals surface area contributed by atoms with E-state index < -0.39 is 23.6 Å². The first-order chi connectivity index (χ1) is 9.70. The summed E-state index contributed by atoms with van der Waals surface area (Å²) in [6.07, 6.45) is 1.17. The SMILES string of the molecule is C=C(/C=C(/F)C(=C)N(C)CCNC)C(C)C(=O)NC(C)=O. The Morgan fingerprint density at radius 3 is 2.43 bits per heavy atom. The smallest absolute Gasteiger partial charge is 0.233 e. The van der Waals surface area contributed by atoms with E-state index in [1.54, 1.807) is 25.9 Å². The highest BCUT2D eigenvalue weighted by Gasteiger charge is 2.17. The van der Waals surface area contributed by atoms with Gasteiger partial charge < -0.3 is 10.2 Å². The number of carbonyl (C=O) groups excluding carboxylic acids is 2. The van der Waals surface area contributed by atoms with Crippen molar-refractivity contribution in [3.05, 3.63) is 36.3 Å². The van der Waals surface area contributed by atoms with Crippen molar-refractivity contribution >= 4 is 11.8 Å². The number of nitrogens with one attached hydrogen (secondary N) is 2. The number of carbonyl (C=O) groups is 2. The summed E-state index contributed by atoms with van der Waals surface area (Å²) in [6.45, 7) is 11.4. The van der Waals surface area contributed by atoms with Crippen molar-refractivity contribution in [1.82, 2.24) is 15.5 Å². The van der Waals surface area contributed by atoms with E-state index in [2.05, 4.69) is 23.8 Å². The summed E-state index contributed by atoms with van der Waals surface area (Å²) in [5.74, 6) is -2.22. The minimum Gasteiger partial charge on any atom is -0.371 e. The number of amides is 2. The van der Waals surface area contributed by atoms with Crippen LogP contribution >= 0.6 is 0 Å². The van der Waals surface area contributed by atoms with Crippen LogP contribution in [-0.2, 0) is 9.59 Å². The molecule has 0 aliphatic heterocycles. The lowest BCUT2D eigenvalue weighted by Gasteiger charge is -2.20. The zero-order chi connectivity index (χ0) is 16.6. The van der Waals surface area contributed by atoms with Crippen LogP contribution in [0.5, 0.6) is 0 Å². The molecule has 1 atom stereocenters. The molecule has 2 N–H and O–H groups in total. The third kappa shape index (κ3) is 6.85. The van der Waals surface area contributed by atoms with E-state index in [1.807, 2.05) is 0 Å². The fourth-order valence-corrected chi connectivity index (χ4v) is 1.42. The predicted octanol–water partition coefficient (Wildman–Crippen LogP) is 1.36. The van der Waals surface area contributed by atoms with Crippen LogP contribution in [0, 0.1) is 5.92 Å². The molecular formula is C15H24FN3O2. The standard InChI is InChI=1S/C15H24FN3O2/c1-10(11(2)15(21)18-13(4)20)9-14(16)12(3)19(6)8-7-17-5/h9,11,17H,1,3,7-8H2,2,4-6H3,(H,18,20,21)/b14-9+. The molecule has 0 aliphatic carbocycles. The summed E-state index contributed by atoms with van der Waals surface area (Å²) in [7, 11) is 3.53. The Balaban J connectivity index is 4.74. The van der Waals surface area contributed by atoms with Crippen LogP contribution in [0.4, 0.5) is 4.39 Å². The molecule has 6 heteroatoms. The Morgan fingerprint density at radius 1 is 1.38 bits per heavy atom. The molecule has 0 radical (unpaired) electrons. The lowest BCUT2D eigenvalue weighted by molar-refractivity contribution is -0.130. The monoisotopic (exact) mass is 297 g/mol. The van der Waals surface area contributed by atoms with Crippen LogP contribution in [0.15, 0.2) is 36.3 Å². The molecule has 0 aromatic carbocycles. The lowest BCUT2D eigenvalue weighted by atomic mass is 10.0. The van der Waals surface area contributed by atoms with Gasteiger partial charge in [0.05, 0.1) is 11.6 Å². The number of rotatable bonds is 8. The summed E-state index contributed by atoms with van der Waals surface area (Å²) in [4.78, 5) is 24.1. The van der Waals surface area contributed by atoms with E-state index >= 15 is 0 Å². The first kappa shape index (κ1) is 19.1. The average molecular weight is 297 g/mol. The zero-order valence-corrected chi connectivity index (χ0v) is 13.1. The fraction of sp³-hybridized carbons (Fsp3) is 0.467. The molecule has 0 saturated carbocycles. The van der Waals surface area contributed by atoms with Crippen LogP contribution < -0.4 is 10.6 Å². The van der Waals surface area contributed by atoms with Crippen molar-refractivity contribution in [2.24, 2.45) is 5.92 Å². The van der Waals surface area contributed by atoms with E-state index in [0.29, 0.717) is 13.1 Å². The molecule has 0 fully saturated rings. The highest BCUT2D eigenvalue weighted by atomic mass is 19.1. The number of allylic oxidation sites excluding steroid dienone is 2. The van der Waals surface area contributed by atoms with Crippen molar-refractivity contribution in [3.8, 4) is 0 Å². The number of halogens is 1. The Bertz CT molecular complexity index is 458. The minimum atomic E-state index is -0.699. The molecule has 1 unspecified atom stereocenters. The van der Waals surface area contributed by atoms with Crippen LogP contribution in [0.1, 0.15) is 13.8 Å². The molecule has 0 bridgehead atoms. The zero-order valence-electron chi connectivity index (χ0n) is 13.1. The van der Waals surface area contributed by atoms with Crippen molar-refractivity contribution in [2.45, 2.75) is 13.8 Å². The van der Waals surface area contributed by atoms with E-state index in [0.717, 1.165) is 0 Å². The van der Waals surface area contributed by atoms with Gasteiger partial charge in [-0.2, -0.15) is 0 Å². The van der Waals surface area contributed by atoms with E-state index in [-0.39, 0.29) is 11.3 Å². The topological polar surface area (TPSA) is 61.4 Å². The maximum Gasteiger partial charge on any atom is 0.233 e. The molecule has 0 saturated heterocycles. The van der Waals surface area contributed by atoms with Gasteiger partial charge in [0.2, 0.25) is 11.8 Å². The molecule has 0 aromatic rings. The number of imide groups is 1. The summed E-state index contributed by atoms with van der Waals surface area (Å²) in [5, 5.41) is 5.10. The number of nitrogens with zero attached hydrogens (tertiary/aromatic N) is 1. The highest BCUT2D eigenvalue weighted by Crippen LogP contribution is 2.19. The van der Waals surface area contributed by atoms with Gasteiger partial charge in [0.1, 0.15) is 5.83 Å². The lowest BCUT2D eigenvalue weighted by Crippen LogP contribution is -2.33. The predicted molar refractivity (Wildman–Crippen MR) is 82.0 cm³/mol. The Kier molecular flexibility index (Phi) is 8.23. The van der Waals surface area contributed by atoms with Crippen molar-refractivity contribution in [3.63, 3.8) is 0 Å². The minimum absolute atomic E-state index is 0.213. The molecule has 118 valence electrons. The molecule has 0 rings (SSSR count). The van der Waals surface area contributed by atoms with Gasteiger partial charge in [0.15, 0.2) is 0 Å². The molecule has 0 aliphatic rings. The summed E-state index contributed by atoms with van der Waals surface area (Å²) in [6, 6.07) is 0. The van der Waals surface area contributed by atoms with Gasteiger partial charge in [-0.1, -0.05) is 13.2 Å². The summed E-state index contributed by atoms with van der Waals surface area (Å²) < 4.78 is 14.1. The van der Waals surface area contributed by atoms with Crippen molar-refractivity contribution in [2.75, 3.05) is 27.2 Å². The van der Waals surface area contributed by atoms with E-state index in [9.17, 15) is 14.0 Å². The van der Waals surface area contributed by atoms with Gasteiger partial charge in [0, 0.05) is 27.1 Å². The number of hydrogen-bond donors (Lipinski definition) is 2. The fourth-order valence-electron chi connectivity index (χ4n) is 1.42. The van der Waals surface area contributed by atoms with Gasteiger partial charge in [-0.3, -0.25) is 14.9 Å². The van der Waals surface area contributed by atoms with Gasteiger partial charge in [-0.25, -0.2) is 4.39 Å². The Labute approximate surface area is 125 Å². The number of likely N-dealkylation sites (N-methyl/N-ethyl adjacent to an activating group) is 2. The average Bonchev–Trinajstić information content (AvgIpc) is 2.41. The van der Waals surface area contributed by atoms with Gasteiger partial charge in [0.25, 0.3) is 0 Å². The first-order valence-electron chi connectivity index (χ1n) is 6.63. The van der Waals surface area contributed by atoms with Crippen LogP contribution in [-0.4, -0.2) is 43.9 Å². The quantitative estimate of drug-likeness (QED) is 0.664. The molecule has 0 spiro atoms. The first-order valence-corrected chi connectivity index (χ1v) is 6.63. The van der Waals surface area contributed by atoms with Crippen LogP contribution in [0.3, 0.4) is 0 Å². The molecule has 0 heterocycles. The highest BCUT2D eigenvalue weighted by molar-refractivity contribution is 5.96. The van der Waals surface area contributed by atoms with Crippen molar-refractivity contribution < 1.29 is 14.0 Å². The second kappa shape index (κ2) is 9.07. The Morgan fingerprint density at radius 2 is 1.95 bits per heavy atom. The normalized spacial score (nSPS) is 12.5. The number of hydrogen-bond acceptors (Lipinski definition) is 4. The third-order valence-electron chi connectivity index (χ3n) is 2.99.